The number of alkyl halides is 3. The zero-order valence-electron chi connectivity index (χ0n) is 12.5. The van der Waals surface area contributed by atoms with Crippen LogP contribution >= 0.6 is 11.6 Å². The van der Waals surface area contributed by atoms with E-state index in [1.54, 1.807) is 0 Å². The molecule has 0 amide bonds. The van der Waals surface area contributed by atoms with Crippen LogP contribution in [0.2, 0.25) is 5.02 Å². The lowest BCUT2D eigenvalue weighted by Gasteiger charge is -2.32. The Hall–Kier alpha value is -0.830. The van der Waals surface area contributed by atoms with Gasteiger partial charge in [-0.15, -0.1) is 0 Å². The first kappa shape index (κ1) is 18.5. The van der Waals surface area contributed by atoms with Crippen LogP contribution in [-0.4, -0.2) is 39.0 Å². The fourth-order valence-electron chi connectivity index (χ4n) is 2.62. The summed E-state index contributed by atoms with van der Waals surface area (Å²) in [7, 11) is -4.03. The average molecular weight is 371 g/mol. The Bertz CT molecular complexity index is 664. The molecule has 4 nitrogen and oxygen atoms in total. The Morgan fingerprint density at radius 2 is 2.09 bits per heavy atom. The van der Waals surface area contributed by atoms with Crippen LogP contribution in [0.15, 0.2) is 23.1 Å². The Morgan fingerprint density at radius 1 is 1.39 bits per heavy atom. The van der Waals surface area contributed by atoms with Crippen molar-refractivity contribution in [2.75, 3.05) is 19.6 Å². The molecule has 0 aliphatic carbocycles. The van der Waals surface area contributed by atoms with Gasteiger partial charge in [0.1, 0.15) is 0 Å². The normalized spacial score (nSPS) is 20.7. The van der Waals surface area contributed by atoms with E-state index in [1.165, 1.54) is 0 Å². The van der Waals surface area contributed by atoms with Gasteiger partial charge in [-0.2, -0.15) is 13.2 Å². The van der Waals surface area contributed by atoms with E-state index >= 15 is 0 Å². The summed E-state index contributed by atoms with van der Waals surface area (Å²) in [6, 6.07) is 2.31. The molecule has 9 heteroatoms. The van der Waals surface area contributed by atoms with E-state index in [1.807, 2.05) is 6.92 Å². The predicted molar refractivity (Wildman–Crippen MR) is 81.9 cm³/mol. The number of likely N-dealkylation sites (N-methyl/N-ethyl adjacent to an activating group) is 1. The second-order valence-electron chi connectivity index (χ2n) is 5.49. The maximum atomic E-state index is 12.9. The molecule has 0 radical (unpaired) electrons. The van der Waals surface area contributed by atoms with Crippen molar-refractivity contribution in [3.63, 3.8) is 0 Å². The van der Waals surface area contributed by atoms with E-state index in [0.29, 0.717) is 19.0 Å². The number of halogens is 4. The first-order valence-corrected chi connectivity index (χ1v) is 9.11. The Kier molecular flexibility index (Phi) is 5.60. The molecule has 1 N–H and O–H groups in total. The average Bonchev–Trinajstić information content (AvgIpc) is 2.46. The molecular formula is C14H18ClF3N2O2S. The van der Waals surface area contributed by atoms with Crippen LogP contribution < -0.4 is 4.72 Å². The van der Waals surface area contributed by atoms with Gasteiger partial charge in [-0.3, -0.25) is 0 Å². The Balaban J connectivity index is 2.23. The standard InChI is InChI=1S/C14H18ClF3N2O2S/c1-2-20-7-3-4-10(9-20)19-23(21,22)11-5-6-13(15)12(8-11)14(16,17)18/h5-6,8,10,19H,2-4,7,9H2,1H3/t10-/m1/s1. The highest BCUT2D eigenvalue weighted by atomic mass is 35.5. The van der Waals surface area contributed by atoms with E-state index in [-0.39, 0.29) is 6.04 Å². The molecule has 0 unspecified atom stereocenters. The molecule has 130 valence electrons. The molecule has 1 aromatic rings. The number of piperidine rings is 1. The zero-order chi connectivity index (χ0) is 17.3. The smallest absolute Gasteiger partial charge is 0.302 e. The molecule has 0 spiro atoms. The molecule has 1 saturated heterocycles. The minimum atomic E-state index is -4.70. The molecule has 1 aliphatic heterocycles. The van der Waals surface area contributed by atoms with Gasteiger partial charge in [0.2, 0.25) is 10.0 Å². The van der Waals surface area contributed by atoms with Crippen molar-refractivity contribution in [3.8, 4) is 0 Å². The summed E-state index contributed by atoms with van der Waals surface area (Å²) in [6.45, 7) is 4.23. The SMILES string of the molecule is CCN1CCC[C@@H](NS(=O)(=O)c2ccc(Cl)c(C(F)(F)F)c2)C1. The van der Waals surface area contributed by atoms with Crippen molar-refractivity contribution in [2.45, 2.75) is 36.9 Å². The number of sulfonamides is 1. The third-order valence-electron chi connectivity index (χ3n) is 3.83. The molecule has 23 heavy (non-hydrogen) atoms. The van der Waals surface area contributed by atoms with E-state index in [2.05, 4.69) is 9.62 Å². The third-order valence-corrected chi connectivity index (χ3v) is 5.68. The van der Waals surface area contributed by atoms with Crippen LogP contribution in [0.1, 0.15) is 25.3 Å². The maximum Gasteiger partial charge on any atom is 0.417 e. The van der Waals surface area contributed by atoms with E-state index in [4.69, 9.17) is 11.6 Å². The van der Waals surface area contributed by atoms with Crippen molar-refractivity contribution in [1.82, 2.24) is 9.62 Å². The molecule has 2 rings (SSSR count). The minimum absolute atomic E-state index is 0.307. The molecular weight excluding hydrogens is 353 g/mol. The zero-order valence-corrected chi connectivity index (χ0v) is 14.1. The summed E-state index contributed by atoms with van der Waals surface area (Å²) >= 11 is 5.52. The van der Waals surface area contributed by atoms with Gasteiger partial charge in [0.25, 0.3) is 0 Å². The van der Waals surface area contributed by atoms with Crippen LogP contribution in [-0.2, 0) is 16.2 Å². The van der Waals surface area contributed by atoms with E-state index in [0.717, 1.165) is 31.6 Å². The first-order chi connectivity index (χ1) is 10.6. The largest absolute Gasteiger partial charge is 0.417 e. The van der Waals surface area contributed by atoms with Crippen molar-refractivity contribution < 1.29 is 21.6 Å². The fourth-order valence-corrected chi connectivity index (χ4v) is 4.13. The van der Waals surface area contributed by atoms with Gasteiger partial charge in [0, 0.05) is 12.6 Å². The predicted octanol–water partition coefficient (Wildman–Crippen LogP) is 3.12. The molecule has 1 aliphatic rings. The van der Waals surface area contributed by atoms with Crippen LogP contribution in [0.3, 0.4) is 0 Å². The number of hydrogen-bond donors (Lipinski definition) is 1. The second kappa shape index (κ2) is 6.96. The van der Waals surface area contributed by atoms with Crippen molar-refractivity contribution in [1.29, 1.82) is 0 Å². The number of benzene rings is 1. The van der Waals surface area contributed by atoms with Crippen LogP contribution in [0.25, 0.3) is 0 Å². The maximum absolute atomic E-state index is 12.9. The quantitative estimate of drug-likeness (QED) is 0.886. The fraction of sp³-hybridized carbons (Fsp3) is 0.571. The Morgan fingerprint density at radius 3 is 2.70 bits per heavy atom. The third kappa shape index (κ3) is 4.59. The molecule has 1 atom stereocenters. The number of rotatable bonds is 4. The van der Waals surface area contributed by atoms with Gasteiger partial charge in [-0.25, -0.2) is 13.1 Å². The summed E-state index contributed by atoms with van der Waals surface area (Å²) < 4.78 is 65.8. The molecule has 1 heterocycles. The highest BCUT2D eigenvalue weighted by Crippen LogP contribution is 2.36. The van der Waals surface area contributed by atoms with Gasteiger partial charge in [0.05, 0.1) is 15.5 Å². The lowest BCUT2D eigenvalue weighted by Crippen LogP contribution is -2.47. The van der Waals surface area contributed by atoms with Crippen molar-refractivity contribution in [2.24, 2.45) is 0 Å². The van der Waals surface area contributed by atoms with Crippen molar-refractivity contribution >= 4 is 21.6 Å². The summed E-state index contributed by atoms with van der Waals surface area (Å²) in [4.78, 5) is 1.67. The van der Waals surface area contributed by atoms with Crippen LogP contribution in [0, 0.1) is 0 Å². The summed E-state index contributed by atoms with van der Waals surface area (Å²) in [5, 5.41) is -0.522. The number of hydrogen-bond acceptors (Lipinski definition) is 3. The molecule has 0 aromatic heterocycles. The van der Waals surface area contributed by atoms with Gasteiger partial charge in [0.15, 0.2) is 0 Å². The van der Waals surface area contributed by atoms with E-state index in [9.17, 15) is 21.6 Å². The summed E-state index contributed by atoms with van der Waals surface area (Å²) in [5.41, 5.74) is -1.15. The van der Waals surface area contributed by atoms with Crippen LogP contribution in [0.4, 0.5) is 13.2 Å². The second-order valence-corrected chi connectivity index (χ2v) is 7.61. The van der Waals surface area contributed by atoms with E-state index < -0.39 is 31.7 Å². The highest BCUT2D eigenvalue weighted by Gasteiger charge is 2.35. The monoisotopic (exact) mass is 370 g/mol. The molecule has 0 saturated carbocycles. The number of likely N-dealkylation sites (tertiary alicyclic amines) is 1. The highest BCUT2D eigenvalue weighted by molar-refractivity contribution is 7.89. The summed E-state index contributed by atoms with van der Waals surface area (Å²) in [6.07, 6.45) is -3.20. The van der Waals surface area contributed by atoms with Gasteiger partial charge < -0.3 is 4.90 Å². The number of nitrogens with one attached hydrogen (secondary N) is 1. The first-order valence-electron chi connectivity index (χ1n) is 7.25. The van der Waals surface area contributed by atoms with Gasteiger partial charge >= 0.3 is 6.18 Å². The van der Waals surface area contributed by atoms with Crippen molar-refractivity contribution in [3.05, 3.63) is 28.8 Å². The molecule has 0 bridgehead atoms. The van der Waals surface area contributed by atoms with Gasteiger partial charge in [-0.05, 0) is 44.1 Å². The number of nitrogens with zero attached hydrogens (tertiary/aromatic N) is 1. The topological polar surface area (TPSA) is 49.4 Å². The van der Waals surface area contributed by atoms with Gasteiger partial charge in [-0.1, -0.05) is 18.5 Å². The summed E-state index contributed by atoms with van der Waals surface area (Å²) in [5.74, 6) is 0. The lowest BCUT2D eigenvalue weighted by atomic mass is 10.1. The molecule has 1 aromatic carbocycles. The Labute approximate surface area is 138 Å². The minimum Gasteiger partial charge on any atom is -0.302 e. The lowest BCUT2D eigenvalue weighted by molar-refractivity contribution is -0.137. The van der Waals surface area contributed by atoms with Crippen LogP contribution in [0.5, 0.6) is 0 Å². The molecule has 1 fully saturated rings.